The van der Waals surface area contributed by atoms with Crippen LogP contribution in [0.5, 0.6) is 5.75 Å². The van der Waals surface area contributed by atoms with Crippen molar-refractivity contribution < 1.29 is 42.9 Å². The van der Waals surface area contributed by atoms with E-state index in [2.05, 4.69) is 26.6 Å². The summed E-state index contributed by atoms with van der Waals surface area (Å²) in [5.41, 5.74) is 0.928. The summed E-state index contributed by atoms with van der Waals surface area (Å²) in [6.45, 7) is 4.30. The van der Waals surface area contributed by atoms with Crippen LogP contribution in [0.15, 0.2) is 46.9 Å². The number of nitrogens with one attached hydrogen (secondary N) is 2. The molecular weight excluding hydrogens is 614 g/mol. The van der Waals surface area contributed by atoms with Gasteiger partial charge in [-0.05, 0) is 42.8 Å². The number of nitrogens with zero attached hydrogens (tertiary/aromatic N) is 1. The van der Waals surface area contributed by atoms with E-state index in [0.717, 1.165) is 15.1 Å². The van der Waals surface area contributed by atoms with Crippen molar-refractivity contribution in [3.8, 4) is 5.75 Å². The molecule has 4 amide bonds. The van der Waals surface area contributed by atoms with Gasteiger partial charge in [0.15, 0.2) is 0 Å². The molecule has 2 N–H and O–H groups in total. The van der Waals surface area contributed by atoms with Crippen molar-refractivity contribution >= 4 is 45.2 Å². The molecule has 42 heavy (non-hydrogen) atoms. The Bertz CT molecular complexity index is 1240. The number of piperidine rings is 1. The summed E-state index contributed by atoms with van der Waals surface area (Å²) in [5, 5.41) is 5.32. The molecule has 1 atom stereocenters. The van der Waals surface area contributed by atoms with Gasteiger partial charge in [-0.1, -0.05) is 22.0 Å². The van der Waals surface area contributed by atoms with E-state index in [-0.39, 0.29) is 24.0 Å². The van der Waals surface area contributed by atoms with Crippen LogP contribution in [0, 0.1) is 0 Å². The normalized spacial score (nSPS) is 16.5. The Morgan fingerprint density at radius 1 is 0.786 bits per heavy atom. The quantitative estimate of drug-likeness (QED) is 0.183. The van der Waals surface area contributed by atoms with Crippen LogP contribution in [0.3, 0.4) is 0 Å². The van der Waals surface area contributed by atoms with Gasteiger partial charge in [0.1, 0.15) is 18.4 Å². The fourth-order valence-corrected chi connectivity index (χ4v) is 4.70. The lowest BCUT2D eigenvalue weighted by Gasteiger charge is -2.27. The Morgan fingerprint density at radius 2 is 1.40 bits per heavy atom. The number of benzene rings is 2. The molecule has 12 nitrogen and oxygen atoms in total. The van der Waals surface area contributed by atoms with E-state index < -0.39 is 29.7 Å². The molecule has 13 heteroatoms. The topological polar surface area (TPSA) is 142 Å². The molecule has 2 aromatic rings. The Morgan fingerprint density at radius 3 is 2.05 bits per heavy atom. The molecule has 0 spiro atoms. The summed E-state index contributed by atoms with van der Waals surface area (Å²) in [4.78, 5) is 50.7. The number of hydrogen-bond donors (Lipinski definition) is 2. The molecule has 2 aliphatic heterocycles. The van der Waals surface area contributed by atoms with Gasteiger partial charge >= 0.3 is 0 Å². The highest BCUT2D eigenvalue weighted by Gasteiger charge is 2.45. The lowest BCUT2D eigenvalue weighted by Crippen LogP contribution is -2.54. The monoisotopic (exact) mass is 647 g/mol. The molecule has 226 valence electrons. The minimum absolute atomic E-state index is 0.0723. The zero-order valence-electron chi connectivity index (χ0n) is 23.1. The third kappa shape index (κ3) is 8.82. The van der Waals surface area contributed by atoms with Gasteiger partial charge in [-0.2, -0.15) is 0 Å². The standard InChI is InChI=1S/C29H34BrN3O9/c30-20-4-6-21(7-5-20)42-19-18-41-17-16-40-15-14-39-13-12-38-11-10-31-23-3-1-2-22-26(23)29(37)33(28(22)36)24-8-9-25(34)32-27(24)35/h1-7,24,31H,8-19H2,(H,32,34,35). The first-order chi connectivity index (χ1) is 20.5. The maximum absolute atomic E-state index is 13.1. The predicted molar refractivity (Wildman–Crippen MR) is 155 cm³/mol. The summed E-state index contributed by atoms with van der Waals surface area (Å²) in [6.07, 6.45) is 0.183. The summed E-state index contributed by atoms with van der Waals surface area (Å²) in [5.74, 6) is -1.35. The molecule has 0 saturated carbocycles. The zero-order valence-corrected chi connectivity index (χ0v) is 24.7. The van der Waals surface area contributed by atoms with Gasteiger partial charge in [-0.3, -0.25) is 29.4 Å². The largest absolute Gasteiger partial charge is 0.491 e. The Kier molecular flexibility index (Phi) is 12.3. The molecule has 1 fully saturated rings. The molecule has 2 aromatic carbocycles. The van der Waals surface area contributed by atoms with Crippen LogP contribution in [0.4, 0.5) is 5.69 Å². The molecular formula is C29H34BrN3O9. The first-order valence-electron chi connectivity index (χ1n) is 13.7. The average molecular weight is 649 g/mol. The lowest BCUT2D eigenvalue weighted by atomic mass is 10.0. The lowest BCUT2D eigenvalue weighted by molar-refractivity contribution is -0.136. The van der Waals surface area contributed by atoms with E-state index in [1.54, 1.807) is 18.2 Å². The van der Waals surface area contributed by atoms with Crippen LogP contribution in [0.1, 0.15) is 33.6 Å². The number of amides is 4. The van der Waals surface area contributed by atoms with Crippen LogP contribution in [-0.2, 0) is 28.5 Å². The second kappa shape index (κ2) is 16.3. The number of halogens is 1. The number of imide groups is 2. The summed E-state index contributed by atoms with van der Waals surface area (Å²) in [7, 11) is 0. The predicted octanol–water partition coefficient (Wildman–Crippen LogP) is 2.41. The Hall–Kier alpha value is -3.36. The van der Waals surface area contributed by atoms with Crippen LogP contribution >= 0.6 is 15.9 Å². The summed E-state index contributed by atoms with van der Waals surface area (Å²) < 4.78 is 28.6. The smallest absolute Gasteiger partial charge is 0.264 e. The van der Waals surface area contributed by atoms with Crippen molar-refractivity contribution in [2.75, 3.05) is 71.3 Å². The van der Waals surface area contributed by atoms with Gasteiger partial charge in [-0.25, -0.2) is 0 Å². The number of hydrogen-bond acceptors (Lipinski definition) is 10. The first-order valence-corrected chi connectivity index (χ1v) is 14.5. The summed E-state index contributed by atoms with van der Waals surface area (Å²) >= 11 is 3.38. The Balaban J connectivity index is 1.01. The van der Waals surface area contributed by atoms with Gasteiger partial charge in [0.2, 0.25) is 11.8 Å². The zero-order chi connectivity index (χ0) is 29.7. The summed E-state index contributed by atoms with van der Waals surface area (Å²) in [6, 6.07) is 11.5. The first kappa shape index (κ1) is 31.6. The maximum atomic E-state index is 13.1. The fraction of sp³-hybridized carbons (Fsp3) is 0.448. The molecule has 0 bridgehead atoms. The van der Waals surface area contributed by atoms with E-state index in [1.807, 2.05) is 24.3 Å². The highest BCUT2D eigenvalue weighted by molar-refractivity contribution is 9.10. The molecule has 0 aliphatic carbocycles. The average Bonchev–Trinajstić information content (AvgIpc) is 3.23. The third-order valence-corrected chi connectivity index (χ3v) is 6.98. The van der Waals surface area contributed by atoms with Gasteiger partial charge < -0.3 is 29.0 Å². The van der Waals surface area contributed by atoms with Crippen LogP contribution in [-0.4, -0.2) is 101 Å². The van der Waals surface area contributed by atoms with Gasteiger partial charge in [0, 0.05) is 23.1 Å². The minimum Gasteiger partial charge on any atom is -0.491 e. The van der Waals surface area contributed by atoms with E-state index in [9.17, 15) is 19.2 Å². The van der Waals surface area contributed by atoms with E-state index >= 15 is 0 Å². The van der Waals surface area contributed by atoms with Crippen LogP contribution in [0.2, 0.25) is 0 Å². The van der Waals surface area contributed by atoms with Crippen molar-refractivity contribution in [2.24, 2.45) is 0 Å². The molecule has 1 saturated heterocycles. The van der Waals surface area contributed by atoms with E-state index in [4.69, 9.17) is 23.7 Å². The molecule has 4 rings (SSSR count). The second-order valence-corrected chi connectivity index (χ2v) is 10.3. The van der Waals surface area contributed by atoms with Crippen molar-refractivity contribution in [2.45, 2.75) is 18.9 Å². The maximum Gasteiger partial charge on any atom is 0.264 e. The van der Waals surface area contributed by atoms with Gasteiger partial charge in [-0.15, -0.1) is 0 Å². The van der Waals surface area contributed by atoms with E-state index in [1.165, 1.54) is 0 Å². The van der Waals surface area contributed by atoms with Crippen molar-refractivity contribution in [3.63, 3.8) is 0 Å². The minimum atomic E-state index is -1.00. The Labute approximate surface area is 252 Å². The molecule has 0 radical (unpaired) electrons. The number of carbonyl (C=O) groups is 4. The van der Waals surface area contributed by atoms with E-state index in [0.29, 0.717) is 71.7 Å². The molecule has 1 unspecified atom stereocenters. The second-order valence-electron chi connectivity index (χ2n) is 9.35. The van der Waals surface area contributed by atoms with Gasteiger partial charge in [0.05, 0.1) is 64.0 Å². The number of fused-ring (bicyclic) bond motifs is 1. The molecule has 0 aromatic heterocycles. The number of rotatable bonds is 18. The van der Waals surface area contributed by atoms with Crippen molar-refractivity contribution in [1.29, 1.82) is 0 Å². The SMILES string of the molecule is O=C1CCC(N2C(=O)c3cccc(NCCOCCOCCOCCOCCOc4ccc(Br)cc4)c3C2=O)C(=O)N1. The van der Waals surface area contributed by atoms with Crippen molar-refractivity contribution in [3.05, 3.63) is 58.1 Å². The van der Waals surface area contributed by atoms with Crippen LogP contribution < -0.4 is 15.4 Å². The number of carbonyl (C=O) groups excluding carboxylic acids is 4. The van der Waals surface area contributed by atoms with Crippen molar-refractivity contribution in [1.82, 2.24) is 10.2 Å². The third-order valence-electron chi connectivity index (χ3n) is 6.46. The van der Waals surface area contributed by atoms with Crippen LogP contribution in [0.25, 0.3) is 0 Å². The highest BCUT2D eigenvalue weighted by Crippen LogP contribution is 2.32. The highest BCUT2D eigenvalue weighted by atomic mass is 79.9. The molecule has 2 heterocycles. The molecule has 2 aliphatic rings. The fourth-order valence-electron chi connectivity index (χ4n) is 4.43. The van der Waals surface area contributed by atoms with Gasteiger partial charge in [0.25, 0.3) is 11.8 Å². The number of anilines is 1. The number of ether oxygens (including phenoxy) is 5.